The van der Waals surface area contributed by atoms with Crippen LogP contribution >= 0.6 is 51.3 Å². The quantitative estimate of drug-likeness (QED) is 0.168. The SMILES string of the molecule is Cc1cc2sc(N)nc2cc1P.Cc1ccc(N)cc1P.Cc1ccc(NC(N)=S)cc1P. The van der Waals surface area contributed by atoms with Crippen molar-refractivity contribution in [1.82, 2.24) is 4.98 Å². The van der Waals surface area contributed by atoms with Crippen LogP contribution < -0.4 is 38.4 Å². The maximum atomic E-state index is 5.59. The molecule has 4 rings (SSSR count). The van der Waals surface area contributed by atoms with E-state index in [0.29, 0.717) is 10.2 Å². The second kappa shape index (κ2) is 12.6. The number of hydrogen-bond donors (Lipinski definition) is 4. The first-order chi connectivity index (χ1) is 15.5. The molecule has 0 amide bonds. The summed E-state index contributed by atoms with van der Waals surface area (Å²) in [5, 5.41) is 7.32. The predicted octanol–water partition coefficient (Wildman–Crippen LogP) is 3.92. The van der Waals surface area contributed by atoms with E-state index in [1.54, 1.807) is 0 Å². The first-order valence-corrected chi connectivity index (χ1v) is 12.9. The maximum Gasteiger partial charge on any atom is 0.181 e. The summed E-state index contributed by atoms with van der Waals surface area (Å²) in [6, 6.07) is 16.0. The Hall–Kier alpha value is -1.87. The highest BCUT2D eigenvalue weighted by atomic mass is 32.1. The third-order valence-corrected chi connectivity index (χ3v) is 7.46. The molecule has 0 aliphatic rings. The van der Waals surface area contributed by atoms with Crippen molar-refractivity contribution in [2.45, 2.75) is 20.8 Å². The summed E-state index contributed by atoms with van der Waals surface area (Å²) in [7, 11) is 7.99. The van der Waals surface area contributed by atoms with E-state index >= 15 is 0 Å². The average molecular weight is 534 g/mol. The Morgan fingerprint density at radius 1 is 0.848 bits per heavy atom. The van der Waals surface area contributed by atoms with Crippen molar-refractivity contribution in [3.8, 4) is 0 Å². The zero-order chi connectivity index (χ0) is 24.7. The Labute approximate surface area is 211 Å². The van der Waals surface area contributed by atoms with Crippen molar-refractivity contribution in [2.24, 2.45) is 5.73 Å². The number of rotatable bonds is 1. The Kier molecular flexibility index (Phi) is 10.4. The molecule has 0 spiro atoms. The van der Waals surface area contributed by atoms with Crippen LogP contribution in [0.5, 0.6) is 0 Å². The minimum atomic E-state index is 0.295. The summed E-state index contributed by atoms with van der Waals surface area (Å²) in [6.07, 6.45) is 0. The number of thiazole rings is 1. The molecular formula is C23H30N5P3S2. The Bertz CT molecular complexity index is 1240. The van der Waals surface area contributed by atoms with Gasteiger partial charge in [0.15, 0.2) is 10.2 Å². The van der Waals surface area contributed by atoms with Crippen LogP contribution in [-0.2, 0) is 0 Å². The van der Waals surface area contributed by atoms with Gasteiger partial charge in [-0.2, -0.15) is 0 Å². The smallest absolute Gasteiger partial charge is 0.181 e. The first-order valence-electron chi connectivity index (χ1n) is 9.92. The van der Waals surface area contributed by atoms with Crippen molar-refractivity contribution in [2.75, 3.05) is 16.8 Å². The molecule has 3 atom stereocenters. The predicted molar refractivity (Wildman–Crippen MR) is 164 cm³/mol. The Morgan fingerprint density at radius 2 is 1.42 bits per heavy atom. The normalized spacial score (nSPS) is 10.0. The summed E-state index contributed by atoms with van der Waals surface area (Å²) in [5.41, 5.74) is 22.9. The molecule has 1 heterocycles. The molecule has 0 saturated heterocycles. The summed E-state index contributed by atoms with van der Waals surface area (Å²) < 4.78 is 1.16. The van der Waals surface area contributed by atoms with Gasteiger partial charge in [0.1, 0.15) is 0 Å². The summed E-state index contributed by atoms with van der Waals surface area (Å²) in [6.45, 7) is 6.19. The third kappa shape index (κ3) is 8.77. The number of nitrogen functional groups attached to an aromatic ring is 2. The molecule has 4 aromatic rings. The molecule has 0 radical (unpaired) electrons. The van der Waals surface area contributed by atoms with Crippen LogP contribution in [-0.4, -0.2) is 10.1 Å². The molecule has 3 aromatic carbocycles. The zero-order valence-corrected chi connectivity index (χ0v) is 23.9. The molecule has 0 aliphatic heterocycles. The van der Waals surface area contributed by atoms with Crippen LogP contribution in [0.25, 0.3) is 10.2 Å². The van der Waals surface area contributed by atoms with Gasteiger partial charge >= 0.3 is 0 Å². The van der Waals surface area contributed by atoms with Gasteiger partial charge in [-0.3, -0.25) is 0 Å². The van der Waals surface area contributed by atoms with Gasteiger partial charge in [-0.15, -0.1) is 27.7 Å². The first kappa shape index (κ1) is 27.4. The van der Waals surface area contributed by atoms with Crippen LogP contribution in [0, 0.1) is 20.8 Å². The lowest BCUT2D eigenvalue weighted by atomic mass is 10.2. The van der Waals surface area contributed by atoms with Crippen molar-refractivity contribution in [3.05, 3.63) is 65.2 Å². The molecule has 0 aliphatic carbocycles. The number of nitrogens with two attached hydrogens (primary N) is 3. The van der Waals surface area contributed by atoms with Crippen molar-refractivity contribution in [1.29, 1.82) is 0 Å². The van der Waals surface area contributed by atoms with E-state index in [1.807, 2.05) is 49.4 Å². The van der Waals surface area contributed by atoms with Gasteiger partial charge in [-0.1, -0.05) is 23.5 Å². The molecular weight excluding hydrogens is 503 g/mol. The second-order valence-corrected chi connectivity index (χ2v) is 10.8. The Morgan fingerprint density at radius 3 is 1.97 bits per heavy atom. The van der Waals surface area contributed by atoms with Gasteiger partial charge in [-0.05, 0) is 102 Å². The van der Waals surface area contributed by atoms with Gasteiger partial charge in [0.2, 0.25) is 0 Å². The number of aromatic nitrogens is 1. The minimum Gasteiger partial charge on any atom is -0.399 e. The fraction of sp³-hybridized carbons (Fsp3) is 0.130. The van der Waals surface area contributed by atoms with E-state index in [4.69, 9.17) is 29.4 Å². The van der Waals surface area contributed by atoms with Crippen LogP contribution in [0.15, 0.2) is 48.5 Å². The molecule has 174 valence electrons. The lowest BCUT2D eigenvalue weighted by Crippen LogP contribution is -2.19. The molecule has 0 bridgehead atoms. The summed E-state index contributed by atoms with van der Waals surface area (Å²) in [4.78, 5) is 4.20. The summed E-state index contributed by atoms with van der Waals surface area (Å²) in [5.74, 6) is 0. The molecule has 10 heteroatoms. The molecule has 3 unspecified atom stereocenters. The number of hydrogen-bond acceptors (Lipinski definition) is 5. The molecule has 0 saturated carbocycles. The number of nitrogens with one attached hydrogen (secondary N) is 1. The van der Waals surface area contributed by atoms with E-state index < -0.39 is 0 Å². The lowest BCUT2D eigenvalue weighted by Gasteiger charge is -2.05. The molecule has 7 N–H and O–H groups in total. The molecule has 5 nitrogen and oxygen atoms in total. The highest BCUT2D eigenvalue weighted by Gasteiger charge is 2.02. The molecule has 33 heavy (non-hydrogen) atoms. The highest BCUT2D eigenvalue weighted by Crippen LogP contribution is 2.24. The fourth-order valence-corrected chi connectivity index (χ4v) is 4.37. The average Bonchev–Trinajstić information content (AvgIpc) is 3.07. The Balaban J connectivity index is 0.000000177. The fourth-order valence-electron chi connectivity index (χ4n) is 2.63. The highest BCUT2D eigenvalue weighted by molar-refractivity contribution is 7.80. The van der Waals surface area contributed by atoms with E-state index in [1.165, 1.54) is 38.6 Å². The van der Waals surface area contributed by atoms with Crippen molar-refractivity contribution in [3.63, 3.8) is 0 Å². The van der Waals surface area contributed by atoms with Crippen LogP contribution in [0.3, 0.4) is 0 Å². The van der Waals surface area contributed by atoms with Crippen LogP contribution in [0.2, 0.25) is 0 Å². The van der Waals surface area contributed by atoms with E-state index in [9.17, 15) is 0 Å². The van der Waals surface area contributed by atoms with Crippen LogP contribution in [0.1, 0.15) is 16.7 Å². The van der Waals surface area contributed by atoms with Crippen LogP contribution in [0.4, 0.5) is 16.5 Å². The van der Waals surface area contributed by atoms with Gasteiger partial charge in [0.05, 0.1) is 10.2 Å². The van der Waals surface area contributed by atoms with E-state index in [2.05, 4.69) is 57.9 Å². The molecule has 1 aromatic heterocycles. The number of aryl methyl sites for hydroxylation is 3. The third-order valence-electron chi connectivity index (χ3n) is 4.64. The number of fused-ring (bicyclic) bond motifs is 1. The topological polar surface area (TPSA) is 103 Å². The van der Waals surface area contributed by atoms with Gasteiger partial charge in [0, 0.05) is 11.4 Å². The van der Waals surface area contributed by atoms with Crippen molar-refractivity contribution < 1.29 is 0 Å². The molecule has 0 fully saturated rings. The van der Waals surface area contributed by atoms with Gasteiger partial charge < -0.3 is 22.5 Å². The van der Waals surface area contributed by atoms with Gasteiger partial charge in [0.25, 0.3) is 0 Å². The monoisotopic (exact) mass is 533 g/mol. The van der Waals surface area contributed by atoms with Crippen molar-refractivity contribution >= 4 is 99.0 Å². The standard InChI is InChI=1S/C8H9N2PS.C8H11N2PS.C7H10NP/c1-4-2-7-5(3-6(4)11)10-8(9)12-7;1-5-2-3-6(4-7(5)11)10-8(9)12;1-5-2-3-6(8)4-7(5)9/h2-3H,11H2,1H3,(H2,9,10);2-4H,11H2,1H3,(H3,9,10,12);2-4H,8-9H2,1H3. The number of benzene rings is 3. The minimum absolute atomic E-state index is 0.295. The maximum absolute atomic E-state index is 5.59. The van der Waals surface area contributed by atoms with E-state index in [0.717, 1.165) is 26.9 Å². The van der Waals surface area contributed by atoms with Gasteiger partial charge in [-0.25, -0.2) is 4.98 Å². The van der Waals surface area contributed by atoms with E-state index in [-0.39, 0.29) is 0 Å². The lowest BCUT2D eigenvalue weighted by molar-refractivity contribution is 1.48. The number of thiocarbonyl (C=S) groups is 1. The largest absolute Gasteiger partial charge is 0.399 e. The zero-order valence-electron chi connectivity index (χ0n) is 18.8. The number of anilines is 3. The second-order valence-electron chi connectivity index (χ2n) is 7.41. The number of nitrogens with zero attached hydrogens (tertiary/aromatic N) is 1. The summed E-state index contributed by atoms with van der Waals surface area (Å²) >= 11 is 6.25.